The predicted molar refractivity (Wildman–Crippen MR) is 109 cm³/mol. The summed E-state index contributed by atoms with van der Waals surface area (Å²) in [5.41, 5.74) is 3.35. The van der Waals surface area contributed by atoms with Gasteiger partial charge in [0.05, 0.1) is 12.8 Å². The number of anilines is 1. The number of aliphatic hydroxyl groups is 1. The first-order valence-electron chi connectivity index (χ1n) is 9.56. The van der Waals surface area contributed by atoms with Crippen molar-refractivity contribution in [1.82, 2.24) is 4.90 Å². The molecule has 0 saturated carbocycles. The van der Waals surface area contributed by atoms with Crippen LogP contribution in [0.2, 0.25) is 0 Å². The maximum absolute atomic E-state index is 10.4. The van der Waals surface area contributed by atoms with E-state index in [4.69, 9.17) is 9.47 Å². The summed E-state index contributed by atoms with van der Waals surface area (Å²) in [6.45, 7) is 8.69. The number of hydrogen-bond donors (Lipinski definition) is 1. The van der Waals surface area contributed by atoms with Crippen molar-refractivity contribution in [2.45, 2.75) is 20.0 Å². The monoisotopic (exact) mass is 370 g/mol. The molecule has 146 valence electrons. The molecule has 1 heterocycles. The number of para-hydroxylation sites is 3. The van der Waals surface area contributed by atoms with Crippen LogP contribution in [-0.4, -0.2) is 62.6 Å². The lowest BCUT2D eigenvalue weighted by Gasteiger charge is -2.37. The van der Waals surface area contributed by atoms with Gasteiger partial charge in [-0.3, -0.25) is 4.90 Å². The third kappa shape index (κ3) is 4.93. The standard InChI is InChI=1S/C22H30N2O3/c1-17-7-6-8-18(2)22(17)27-16-19(25)15-23-11-13-24(14-12-23)20-9-4-5-10-21(20)26-3/h4-10,19,25H,11-16H2,1-3H3/t19-/m1/s1. The highest BCUT2D eigenvalue weighted by atomic mass is 16.5. The van der Waals surface area contributed by atoms with Gasteiger partial charge in [0.2, 0.25) is 0 Å². The van der Waals surface area contributed by atoms with Crippen LogP contribution in [0.15, 0.2) is 42.5 Å². The van der Waals surface area contributed by atoms with E-state index >= 15 is 0 Å². The summed E-state index contributed by atoms with van der Waals surface area (Å²) in [6, 6.07) is 14.2. The maximum Gasteiger partial charge on any atom is 0.142 e. The third-order valence-corrected chi connectivity index (χ3v) is 5.10. The van der Waals surface area contributed by atoms with Crippen LogP contribution in [0.1, 0.15) is 11.1 Å². The lowest BCUT2D eigenvalue weighted by atomic mass is 10.1. The zero-order valence-electron chi connectivity index (χ0n) is 16.5. The molecule has 2 aromatic rings. The van der Waals surface area contributed by atoms with Crippen molar-refractivity contribution >= 4 is 5.69 Å². The molecule has 1 saturated heterocycles. The average molecular weight is 370 g/mol. The van der Waals surface area contributed by atoms with Gasteiger partial charge in [-0.25, -0.2) is 0 Å². The molecule has 0 amide bonds. The van der Waals surface area contributed by atoms with Gasteiger partial charge >= 0.3 is 0 Å². The van der Waals surface area contributed by atoms with Gasteiger partial charge in [0, 0.05) is 32.7 Å². The minimum Gasteiger partial charge on any atom is -0.495 e. The van der Waals surface area contributed by atoms with Gasteiger partial charge in [-0.1, -0.05) is 30.3 Å². The van der Waals surface area contributed by atoms with Gasteiger partial charge in [0.15, 0.2) is 0 Å². The minimum atomic E-state index is -0.498. The van der Waals surface area contributed by atoms with Gasteiger partial charge in [-0.05, 0) is 37.1 Å². The molecule has 5 heteroatoms. The Labute approximate surface area is 162 Å². The summed E-state index contributed by atoms with van der Waals surface area (Å²) in [7, 11) is 1.71. The van der Waals surface area contributed by atoms with Crippen LogP contribution >= 0.6 is 0 Å². The molecule has 1 fully saturated rings. The molecule has 2 aromatic carbocycles. The van der Waals surface area contributed by atoms with Crippen LogP contribution in [0.25, 0.3) is 0 Å². The number of methoxy groups -OCH3 is 1. The molecule has 0 aliphatic carbocycles. The van der Waals surface area contributed by atoms with Gasteiger partial charge in [0.25, 0.3) is 0 Å². The zero-order valence-corrected chi connectivity index (χ0v) is 16.5. The second-order valence-electron chi connectivity index (χ2n) is 7.15. The molecule has 0 bridgehead atoms. The van der Waals surface area contributed by atoms with Gasteiger partial charge < -0.3 is 19.5 Å². The van der Waals surface area contributed by atoms with E-state index in [1.807, 2.05) is 50.2 Å². The van der Waals surface area contributed by atoms with Gasteiger partial charge in [-0.2, -0.15) is 0 Å². The quantitative estimate of drug-likeness (QED) is 0.812. The van der Waals surface area contributed by atoms with E-state index in [0.717, 1.165) is 54.5 Å². The van der Waals surface area contributed by atoms with Crippen molar-refractivity contribution in [3.05, 3.63) is 53.6 Å². The SMILES string of the molecule is COc1ccccc1N1CCN(C[C@@H](O)COc2c(C)cccc2C)CC1. The number of hydrogen-bond acceptors (Lipinski definition) is 5. The largest absolute Gasteiger partial charge is 0.495 e. The third-order valence-electron chi connectivity index (χ3n) is 5.10. The number of nitrogens with zero attached hydrogens (tertiary/aromatic N) is 2. The summed E-state index contributed by atoms with van der Waals surface area (Å²) in [4.78, 5) is 4.64. The zero-order chi connectivity index (χ0) is 19.2. The Hall–Kier alpha value is -2.24. The summed E-state index contributed by atoms with van der Waals surface area (Å²) in [5, 5.41) is 10.4. The van der Waals surface area contributed by atoms with Gasteiger partial charge in [-0.15, -0.1) is 0 Å². The first-order valence-corrected chi connectivity index (χ1v) is 9.56. The summed E-state index contributed by atoms with van der Waals surface area (Å²) < 4.78 is 11.4. The normalized spacial score (nSPS) is 16.2. The van der Waals surface area contributed by atoms with Crippen molar-refractivity contribution in [2.75, 3.05) is 51.3 Å². The predicted octanol–water partition coefficient (Wildman–Crippen LogP) is 2.87. The fraction of sp³-hybridized carbons (Fsp3) is 0.455. The second kappa shape index (κ2) is 9.11. The number of piperazine rings is 1. The van der Waals surface area contributed by atoms with E-state index in [1.165, 1.54) is 0 Å². The average Bonchev–Trinajstić information content (AvgIpc) is 2.68. The Morgan fingerprint density at radius 2 is 1.63 bits per heavy atom. The molecule has 1 aliphatic heterocycles. The molecule has 1 aliphatic rings. The lowest BCUT2D eigenvalue weighted by Crippen LogP contribution is -2.49. The van der Waals surface area contributed by atoms with E-state index in [0.29, 0.717) is 13.2 Å². The molecule has 0 radical (unpaired) electrons. The maximum atomic E-state index is 10.4. The molecule has 1 N–H and O–H groups in total. The Morgan fingerprint density at radius 3 is 2.30 bits per heavy atom. The Bertz CT molecular complexity index is 722. The Kier molecular flexibility index (Phi) is 6.58. The molecule has 0 unspecified atom stereocenters. The first kappa shape index (κ1) is 19.5. The van der Waals surface area contributed by atoms with Crippen molar-refractivity contribution < 1.29 is 14.6 Å². The van der Waals surface area contributed by atoms with Crippen molar-refractivity contribution in [2.24, 2.45) is 0 Å². The number of rotatable bonds is 7. The number of β-amino-alcohol motifs (C(OH)–C–C–N with tert-alkyl or cyclic N) is 1. The minimum absolute atomic E-state index is 0.318. The van der Waals surface area contributed by atoms with Crippen LogP contribution in [-0.2, 0) is 0 Å². The highest BCUT2D eigenvalue weighted by Gasteiger charge is 2.21. The molecular weight excluding hydrogens is 340 g/mol. The van der Waals surface area contributed by atoms with Crippen LogP contribution in [0, 0.1) is 13.8 Å². The smallest absolute Gasteiger partial charge is 0.142 e. The fourth-order valence-electron chi connectivity index (χ4n) is 3.62. The fourth-order valence-corrected chi connectivity index (χ4v) is 3.62. The number of aryl methyl sites for hydroxylation is 2. The van der Waals surface area contributed by atoms with E-state index < -0.39 is 6.10 Å². The molecule has 1 atom stereocenters. The van der Waals surface area contributed by atoms with Crippen molar-refractivity contribution in [1.29, 1.82) is 0 Å². The van der Waals surface area contributed by atoms with E-state index in [-0.39, 0.29) is 0 Å². The van der Waals surface area contributed by atoms with Crippen molar-refractivity contribution in [3.63, 3.8) is 0 Å². The van der Waals surface area contributed by atoms with Crippen LogP contribution in [0.3, 0.4) is 0 Å². The molecule has 27 heavy (non-hydrogen) atoms. The van der Waals surface area contributed by atoms with Crippen LogP contribution < -0.4 is 14.4 Å². The number of benzene rings is 2. The highest BCUT2D eigenvalue weighted by molar-refractivity contribution is 5.58. The molecule has 3 rings (SSSR count). The van der Waals surface area contributed by atoms with E-state index in [2.05, 4.69) is 15.9 Å². The van der Waals surface area contributed by atoms with Crippen molar-refractivity contribution in [3.8, 4) is 11.5 Å². The number of aliphatic hydroxyl groups excluding tert-OH is 1. The Morgan fingerprint density at radius 1 is 0.963 bits per heavy atom. The van der Waals surface area contributed by atoms with E-state index in [9.17, 15) is 5.11 Å². The molecule has 5 nitrogen and oxygen atoms in total. The van der Waals surface area contributed by atoms with Crippen LogP contribution in [0.4, 0.5) is 5.69 Å². The highest BCUT2D eigenvalue weighted by Crippen LogP contribution is 2.28. The van der Waals surface area contributed by atoms with Gasteiger partial charge in [0.1, 0.15) is 24.2 Å². The summed E-state index contributed by atoms with van der Waals surface area (Å²) in [5.74, 6) is 1.80. The summed E-state index contributed by atoms with van der Waals surface area (Å²) in [6.07, 6.45) is -0.498. The molecule has 0 spiro atoms. The first-order chi connectivity index (χ1) is 13.1. The Balaban J connectivity index is 1.47. The topological polar surface area (TPSA) is 45.2 Å². The van der Waals surface area contributed by atoms with Crippen LogP contribution in [0.5, 0.6) is 11.5 Å². The molecular formula is C22H30N2O3. The lowest BCUT2D eigenvalue weighted by molar-refractivity contribution is 0.0658. The number of ether oxygens (including phenoxy) is 2. The van der Waals surface area contributed by atoms with E-state index in [1.54, 1.807) is 7.11 Å². The molecule has 0 aromatic heterocycles. The summed E-state index contributed by atoms with van der Waals surface area (Å²) >= 11 is 0. The second-order valence-corrected chi connectivity index (χ2v) is 7.15.